The second-order valence-corrected chi connectivity index (χ2v) is 5.63. The molecule has 0 unspecified atom stereocenters. The van der Waals surface area contributed by atoms with Crippen LogP contribution in [0.5, 0.6) is 5.75 Å². The molecule has 0 radical (unpaired) electrons. The van der Waals surface area contributed by atoms with E-state index in [1.54, 1.807) is 0 Å². The fourth-order valence-corrected chi connectivity index (χ4v) is 2.53. The Kier molecular flexibility index (Phi) is 4.25. The quantitative estimate of drug-likeness (QED) is 0.706. The van der Waals surface area contributed by atoms with Crippen LogP contribution in [0.4, 0.5) is 17.6 Å². The number of hydrogen-bond acceptors (Lipinski definition) is 1. The molecule has 1 aliphatic carbocycles. The summed E-state index contributed by atoms with van der Waals surface area (Å²) < 4.78 is 59.5. The number of alkyl halides is 2. The van der Waals surface area contributed by atoms with Crippen LogP contribution in [0, 0.1) is 30.4 Å². The number of rotatable bonds is 3. The van der Waals surface area contributed by atoms with Gasteiger partial charge in [0.15, 0.2) is 11.6 Å². The molecule has 0 atom stereocenters. The largest absolute Gasteiger partial charge is 0.429 e. The summed E-state index contributed by atoms with van der Waals surface area (Å²) in [5.41, 5.74) is 0.0599. The van der Waals surface area contributed by atoms with Gasteiger partial charge in [0.1, 0.15) is 0 Å². The minimum Gasteiger partial charge on any atom is -0.429 e. The van der Waals surface area contributed by atoms with Crippen LogP contribution in [-0.4, -0.2) is 6.11 Å². The van der Waals surface area contributed by atoms with Gasteiger partial charge in [-0.3, -0.25) is 0 Å². The van der Waals surface area contributed by atoms with Gasteiger partial charge in [0.2, 0.25) is 5.82 Å². The summed E-state index contributed by atoms with van der Waals surface area (Å²) in [6.07, 6.45) is -1.39. The second-order valence-electron chi connectivity index (χ2n) is 5.63. The summed E-state index contributed by atoms with van der Waals surface area (Å²) in [6.45, 7) is 3.38. The maximum atomic E-state index is 14.0. The Morgan fingerprint density at radius 1 is 1.05 bits per heavy atom. The molecule has 0 amide bonds. The summed E-state index contributed by atoms with van der Waals surface area (Å²) >= 11 is 0. The van der Waals surface area contributed by atoms with E-state index in [2.05, 4.69) is 4.74 Å². The molecule has 1 aliphatic rings. The van der Waals surface area contributed by atoms with Crippen LogP contribution in [0.2, 0.25) is 0 Å². The van der Waals surface area contributed by atoms with Gasteiger partial charge >= 0.3 is 6.11 Å². The highest BCUT2D eigenvalue weighted by Gasteiger charge is 2.44. The fourth-order valence-electron chi connectivity index (χ4n) is 2.53. The monoisotopic (exact) mass is 290 g/mol. The van der Waals surface area contributed by atoms with Crippen molar-refractivity contribution in [1.29, 1.82) is 0 Å². The van der Waals surface area contributed by atoms with Gasteiger partial charge in [0.05, 0.1) is 5.92 Å². The molecule has 0 aromatic heterocycles. The molecule has 20 heavy (non-hydrogen) atoms. The fraction of sp³-hybridized carbons (Fsp3) is 0.600. The maximum absolute atomic E-state index is 14.0. The van der Waals surface area contributed by atoms with Crippen molar-refractivity contribution in [2.24, 2.45) is 11.8 Å². The first-order valence-corrected chi connectivity index (χ1v) is 6.82. The zero-order valence-electron chi connectivity index (χ0n) is 11.6. The molecule has 1 aromatic carbocycles. The Labute approximate surface area is 115 Å². The topological polar surface area (TPSA) is 9.23 Å². The molecule has 0 N–H and O–H groups in total. The number of ether oxygens (including phenoxy) is 1. The summed E-state index contributed by atoms with van der Waals surface area (Å²) in [5, 5.41) is 0. The Morgan fingerprint density at radius 2 is 1.65 bits per heavy atom. The van der Waals surface area contributed by atoms with Crippen LogP contribution in [-0.2, 0) is 0 Å². The van der Waals surface area contributed by atoms with E-state index >= 15 is 0 Å². The highest BCUT2D eigenvalue weighted by atomic mass is 19.3. The molecule has 1 nitrogen and oxygen atoms in total. The first-order valence-electron chi connectivity index (χ1n) is 6.82. The van der Waals surface area contributed by atoms with Crippen LogP contribution >= 0.6 is 0 Å². The first kappa shape index (κ1) is 15.1. The van der Waals surface area contributed by atoms with E-state index in [-0.39, 0.29) is 5.56 Å². The summed E-state index contributed by atoms with van der Waals surface area (Å²) in [4.78, 5) is 0. The van der Waals surface area contributed by atoms with Crippen LogP contribution in [0.1, 0.15) is 38.2 Å². The third kappa shape index (κ3) is 3.07. The SMILES string of the molecule is Cc1ccc(OC(F)(F)C2CCC(C)CC2)c(F)c1F. The average Bonchev–Trinajstić information content (AvgIpc) is 2.40. The van der Waals surface area contributed by atoms with Crippen LogP contribution in [0.15, 0.2) is 12.1 Å². The highest BCUT2D eigenvalue weighted by Crippen LogP contribution is 2.40. The zero-order chi connectivity index (χ0) is 14.9. The molecular weight excluding hydrogens is 272 g/mol. The Balaban J connectivity index is 2.14. The molecule has 1 aromatic rings. The van der Waals surface area contributed by atoms with E-state index in [0.29, 0.717) is 31.6 Å². The van der Waals surface area contributed by atoms with Crippen molar-refractivity contribution >= 4 is 0 Å². The molecule has 2 rings (SSSR count). The van der Waals surface area contributed by atoms with Gasteiger partial charge < -0.3 is 4.74 Å². The van der Waals surface area contributed by atoms with Crippen LogP contribution in [0.25, 0.3) is 0 Å². The third-order valence-electron chi connectivity index (χ3n) is 3.98. The number of hydrogen-bond donors (Lipinski definition) is 0. The van der Waals surface area contributed by atoms with E-state index in [9.17, 15) is 17.6 Å². The van der Waals surface area contributed by atoms with E-state index in [1.165, 1.54) is 13.0 Å². The van der Waals surface area contributed by atoms with E-state index in [0.717, 1.165) is 6.07 Å². The Hall–Kier alpha value is -1.26. The predicted octanol–water partition coefficient (Wildman–Crippen LogP) is 5.07. The summed E-state index contributed by atoms with van der Waals surface area (Å²) in [5.74, 6) is -3.74. The van der Waals surface area contributed by atoms with Gasteiger partial charge in [0.25, 0.3) is 0 Å². The zero-order valence-corrected chi connectivity index (χ0v) is 11.6. The van der Waals surface area contributed by atoms with Crippen molar-refractivity contribution in [3.05, 3.63) is 29.3 Å². The molecule has 0 heterocycles. The van der Waals surface area contributed by atoms with Crippen molar-refractivity contribution in [3.63, 3.8) is 0 Å². The van der Waals surface area contributed by atoms with Gasteiger partial charge in [-0.05, 0) is 37.3 Å². The minimum absolute atomic E-state index is 0.0599. The normalized spacial score (nSPS) is 23.7. The van der Waals surface area contributed by atoms with Gasteiger partial charge in [0, 0.05) is 0 Å². The van der Waals surface area contributed by atoms with Crippen LogP contribution < -0.4 is 4.74 Å². The van der Waals surface area contributed by atoms with Gasteiger partial charge in [-0.2, -0.15) is 13.2 Å². The minimum atomic E-state index is -3.47. The Morgan fingerprint density at radius 3 is 2.25 bits per heavy atom. The lowest BCUT2D eigenvalue weighted by atomic mass is 9.82. The molecule has 0 aliphatic heterocycles. The van der Waals surface area contributed by atoms with Crippen molar-refractivity contribution in [1.82, 2.24) is 0 Å². The van der Waals surface area contributed by atoms with Crippen molar-refractivity contribution in [2.75, 3.05) is 0 Å². The molecule has 0 bridgehead atoms. The molecular formula is C15H18F4O. The Bertz CT molecular complexity index is 479. The van der Waals surface area contributed by atoms with Gasteiger partial charge in [-0.1, -0.05) is 25.8 Å². The summed E-state index contributed by atoms with van der Waals surface area (Å²) in [6, 6.07) is 2.28. The molecule has 1 fully saturated rings. The van der Waals surface area contributed by atoms with Crippen molar-refractivity contribution in [2.45, 2.75) is 45.6 Å². The lowest BCUT2D eigenvalue weighted by Crippen LogP contribution is -2.37. The molecule has 5 heteroatoms. The van der Waals surface area contributed by atoms with E-state index in [4.69, 9.17) is 0 Å². The number of benzene rings is 1. The van der Waals surface area contributed by atoms with Gasteiger partial charge in [-0.15, -0.1) is 0 Å². The van der Waals surface area contributed by atoms with Gasteiger partial charge in [-0.25, -0.2) is 4.39 Å². The standard InChI is InChI=1S/C15H18F4O/c1-9-3-6-11(7-4-9)15(18,19)20-12-8-5-10(2)13(16)14(12)17/h5,8-9,11H,3-4,6-7H2,1-2H3. The third-order valence-corrected chi connectivity index (χ3v) is 3.98. The van der Waals surface area contributed by atoms with Crippen LogP contribution in [0.3, 0.4) is 0 Å². The summed E-state index contributed by atoms with van der Waals surface area (Å²) in [7, 11) is 0. The van der Waals surface area contributed by atoms with Crippen molar-refractivity contribution < 1.29 is 22.3 Å². The smallest absolute Gasteiger partial charge is 0.400 e. The number of halogens is 4. The lowest BCUT2D eigenvalue weighted by molar-refractivity contribution is -0.224. The molecule has 0 saturated heterocycles. The lowest BCUT2D eigenvalue weighted by Gasteiger charge is -2.32. The average molecular weight is 290 g/mol. The predicted molar refractivity (Wildman–Crippen MR) is 67.8 cm³/mol. The molecule has 0 spiro atoms. The van der Waals surface area contributed by atoms with E-state index in [1.807, 2.05) is 6.92 Å². The van der Waals surface area contributed by atoms with E-state index < -0.39 is 29.4 Å². The second kappa shape index (κ2) is 5.62. The maximum Gasteiger partial charge on any atom is 0.400 e. The molecule has 1 saturated carbocycles. The first-order chi connectivity index (χ1) is 9.31. The molecule has 112 valence electrons. The number of aryl methyl sites for hydroxylation is 1. The van der Waals surface area contributed by atoms with Crippen molar-refractivity contribution in [3.8, 4) is 5.75 Å². The highest BCUT2D eigenvalue weighted by molar-refractivity contribution is 5.30.